The molecule has 1 aromatic rings. The zero-order chi connectivity index (χ0) is 14.7. The monoisotopic (exact) mass is 289 g/mol. The van der Waals surface area contributed by atoms with Crippen LogP contribution in [-0.2, 0) is 11.2 Å². The van der Waals surface area contributed by atoms with Crippen LogP contribution in [0.5, 0.6) is 0 Å². The van der Waals surface area contributed by atoms with Crippen molar-refractivity contribution >= 4 is 5.91 Å². The van der Waals surface area contributed by atoms with E-state index in [2.05, 4.69) is 4.90 Å². The fraction of sp³-hybridized carbons (Fsp3) is 0.611. The van der Waals surface area contributed by atoms with E-state index < -0.39 is 0 Å². The summed E-state index contributed by atoms with van der Waals surface area (Å²) in [4.78, 5) is 14.4. The summed E-state index contributed by atoms with van der Waals surface area (Å²) in [6, 6.07) is 7.03. The summed E-state index contributed by atoms with van der Waals surface area (Å²) in [5, 5.41) is 0. The fourth-order valence-corrected chi connectivity index (χ4v) is 3.48. The number of carbonyl (C=O) groups is 1. The predicted molar refractivity (Wildman–Crippen MR) is 81.4 cm³/mol. The number of aryl methyl sites for hydroxylation is 1. The minimum atomic E-state index is -0.101. The van der Waals surface area contributed by atoms with Crippen LogP contribution in [0, 0.1) is 17.7 Å². The highest BCUT2D eigenvalue weighted by atomic mass is 19.1. The van der Waals surface area contributed by atoms with Crippen molar-refractivity contribution in [3.05, 3.63) is 35.6 Å². The van der Waals surface area contributed by atoms with Crippen molar-refractivity contribution in [1.82, 2.24) is 4.90 Å². The molecule has 114 valence electrons. The lowest BCUT2D eigenvalue weighted by Gasteiger charge is -2.37. The molecule has 0 bridgehead atoms. The molecule has 0 radical (unpaired) electrons. The van der Waals surface area contributed by atoms with Crippen LogP contribution < -0.4 is 0 Å². The van der Waals surface area contributed by atoms with Crippen LogP contribution in [0.1, 0.15) is 44.1 Å². The largest absolute Gasteiger partial charge is 0.342 e. The van der Waals surface area contributed by atoms with Crippen LogP contribution in [0.3, 0.4) is 0 Å². The van der Waals surface area contributed by atoms with Gasteiger partial charge in [0.15, 0.2) is 0 Å². The van der Waals surface area contributed by atoms with Crippen molar-refractivity contribution in [1.29, 1.82) is 0 Å². The third-order valence-corrected chi connectivity index (χ3v) is 5.06. The first-order valence-electron chi connectivity index (χ1n) is 8.26. The first-order valence-corrected chi connectivity index (χ1v) is 8.26. The van der Waals surface area contributed by atoms with Crippen molar-refractivity contribution in [2.75, 3.05) is 13.1 Å². The van der Waals surface area contributed by atoms with Crippen molar-refractivity contribution < 1.29 is 9.18 Å². The second kappa shape index (κ2) is 6.59. The van der Waals surface area contributed by atoms with E-state index in [1.807, 2.05) is 12.1 Å². The van der Waals surface area contributed by atoms with Gasteiger partial charge < -0.3 is 4.90 Å². The molecule has 2 aliphatic rings. The summed E-state index contributed by atoms with van der Waals surface area (Å²) >= 11 is 0. The van der Waals surface area contributed by atoms with Gasteiger partial charge in [0, 0.05) is 19.0 Å². The first kappa shape index (κ1) is 14.6. The maximum absolute atomic E-state index is 13.6. The molecule has 1 aliphatic carbocycles. The Balaban J connectivity index is 1.51. The number of hydrogen-bond donors (Lipinski definition) is 0. The molecule has 3 rings (SSSR count). The maximum atomic E-state index is 13.6. The number of carbonyl (C=O) groups excluding carboxylic acids is 1. The topological polar surface area (TPSA) is 20.3 Å². The van der Waals surface area contributed by atoms with Crippen LogP contribution >= 0.6 is 0 Å². The standard InChI is InChI=1S/C18H24FNO/c19-17-9-2-1-6-15(17)11-10-14-5-4-12-20(13-14)18(21)16-7-3-8-16/h1-2,6,9,14,16H,3-5,7-8,10-13H2. The third kappa shape index (κ3) is 3.45. The number of halogens is 1. The Hall–Kier alpha value is -1.38. The van der Waals surface area contributed by atoms with E-state index >= 15 is 0 Å². The average Bonchev–Trinajstić information content (AvgIpc) is 2.45. The van der Waals surface area contributed by atoms with Gasteiger partial charge >= 0.3 is 0 Å². The number of piperidine rings is 1. The number of hydrogen-bond acceptors (Lipinski definition) is 1. The van der Waals surface area contributed by atoms with Crippen LogP contribution in [-0.4, -0.2) is 23.9 Å². The molecule has 1 heterocycles. The van der Waals surface area contributed by atoms with Gasteiger partial charge in [-0.05, 0) is 56.1 Å². The molecule has 3 heteroatoms. The molecule has 2 fully saturated rings. The summed E-state index contributed by atoms with van der Waals surface area (Å²) in [7, 11) is 0. The number of rotatable bonds is 4. The highest BCUT2D eigenvalue weighted by Gasteiger charge is 2.32. The van der Waals surface area contributed by atoms with Crippen molar-refractivity contribution in [3.63, 3.8) is 0 Å². The Morgan fingerprint density at radius 1 is 1.19 bits per heavy atom. The van der Waals surface area contributed by atoms with E-state index in [4.69, 9.17) is 0 Å². The predicted octanol–water partition coefficient (Wildman–Crippen LogP) is 3.80. The van der Waals surface area contributed by atoms with Crippen molar-refractivity contribution in [3.8, 4) is 0 Å². The van der Waals surface area contributed by atoms with Crippen LogP contribution in [0.4, 0.5) is 4.39 Å². The summed E-state index contributed by atoms with van der Waals surface area (Å²) in [5.74, 6) is 1.10. The molecular weight excluding hydrogens is 265 g/mol. The zero-order valence-corrected chi connectivity index (χ0v) is 12.6. The van der Waals surface area contributed by atoms with Gasteiger partial charge in [0.25, 0.3) is 0 Å². The molecule has 1 saturated carbocycles. The Morgan fingerprint density at radius 2 is 2.00 bits per heavy atom. The number of likely N-dealkylation sites (tertiary alicyclic amines) is 1. The number of benzene rings is 1. The van der Waals surface area contributed by atoms with E-state index in [0.29, 0.717) is 17.7 Å². The number of amides is 1. The normalized spacial score (nSPS) is 22.9. The molecule has 1 atom stereocenters. The molecule has 1 saturated heterocycles. The Kier molecular flexibility index (Phi) is 4.57. The third-order valence-electron chi connectivity index (χ3n) is 5.06. The average molecular weight is 289 g/mol. The van der Waals surface area contributed by atoms with Crippen LogP contribution in [0.2, 0.25) is 0 Å². The first-order chi connectivity index (χ1) is 10.2. The van der Waals surface area contributed by atoms with E-state index in [-0.39, 0.29) is 5.82 Å². The molecule has 1 amide bonds. The lowest BCUT2D eigenvalue weighted by molar-refractivity contribution is -0.140. The molecular formula is C18H24FNO. The van der Waals surface area contributed by atoms with Gasteiger partial charge in [-0.3, -0.25) is 4.79 Å². The van der Waals surface area contributed by atoms with E-state index in [9.17, 15) is 9.18 Å². The fourth-order valence-electron chi connectivity index (χ4n) is 3.48. The molecule has 0 N–H and O–H groups in total. The molecule has 1 aromatic carbocycles. The van der Waals surface area contributed by atoms with Gasteiger partial charge in [-0.2, -0.15) is 0 Å². The Bertz CT molecular complexity index is 498. The second-order valence-corrected chi connectivity index (χ2v) is 6.55. The van der Waals surface area contributed by atoms with Gasteiger partial charge in [-0.15, -0.1) is 0 Å². The van der Waals surface area contributed by atoms with Gasteiger partial charge in [-0.25, -0.2) is 4.39 Å². The molecule has 0 aromatic heterocycles. The molecule has 21 heavy (non-hydrogen) atoms. The summed E-state index contributed by atoms with van der Waals surface area (Å²) in [5.41, 5.74) is 0.806. The summed E-state index contributed by atoms with van der Waals surface area (Å²) < 4.78 is 13.6. The lowest BCUT2D eigenvalue weighted by atomic mass is 9.83. The SMILES string of the molecule is O=C(C1CCC1)N1CCCC(CCc2ccccc2F)C1. The highest BCUT2D eigenvalue weighted by molar-refractivity contribution is 5.79. The summed E-state index contributed by atoms with van der Waals surface area (Å²) in [6.07, 6.45) is 7.40. The van der Waals surface area contributed by atoms with Crippen LogP contribution in [0.15, 0.2) is 24.3 Å². The quantitative estimate of drug-likeness (QED) is 0.825. The Labute approximate surface area is 126 Å². The van der Waals surface area contributed by atoms with Crippen molar-refractivity contribution in [2.24, 2.45) is 11.8 Å². The van der Waals surface area contributed by atoms with E-state index in [1.165, 1.54) is 18.9 Å². The van der Waals surface area contributed by atoms with Gasteiger partial charge in [0.2, 0.25) is 5.91 Å². The number of nitrogens with zero attached hydrogens (tertiary/aromatic N) is 1. The lowest BCUT2D eigenvalue weighted by Crippen LogP contribution is -2.44. The molecule has 2 nitrogen and oxygen atoms in total. The molecule has 0 spiro atoms. The minimum absolute atomic E-state index is 0.101. The molecule has 1 unspecified atom stereocenters. The minimum Gasteiger partial charge on any atom is -0.342 e. The zero-order valence-electron chi connectivity index (χ0n) is 12.6. The smallest absolute Gasteiger partial charge is 0.225 e. The maximum Gasteiger partial charge on any atom is 0.225 e. The van der Waals surface area contributed by atoms with Crippen LogP contribution in [0.25, 0.3) is 0 Å². The van der Waals surface area contributed by atoms with Gasteiger partial charge in [0.05, 0.1) is 0 Å². The molecule has 1 aliphatic heterocycles. The highest BCUT2D eigenvalue weighted by Crippen LogP contribution is 2.30. The summed E-state index contributed by atoms with van der Waals surface area (Å²) in [6.45, 7) is 1.80. The van der Waals surface area contributed by atoms with Gasteiger partial charge in [0.1, 0.15) is 5.82 Å². The Morgan fingerprint density at radius 3 is 2.71 bits per heavy atom. The second-order valence-electron chi connectivity index (χ2n) is 6.55. The van der Waals surface area contributed by atoms with Crippen molar-refractivity contribution in [2.45, 2.75) is 44.9 Å². The van der Waals surface area contributed by atoms with Gasteiger partial charge in [-0.1, -0.05) is 24.6 Å². The van der Waals surface area contributed by atoms with E-state index in [0.717, 1.165) is 50.8 Å². The van der Waals surface area contributed by atoms with E-state index in [1.54, 1.807) is 6.07 Å².